The van der Waals surface area contributed by atoms with Crippen molar-refractivity contribution in [3.8, 4) is 0 Å². The molecule has 0 radical (unpaired) electrons. The van der Waals surface area contributed by atoms with E-state index in [1.807, 2.05) is 0 Å². The maximum absolute atomic E-state index is 3.18. The van der Waals surface area contributed by atoms with E-state index in [2.05, 4.69) is 254 Å². The van der Waals surface area contributed by atoms with E-state index in [1.165, 1.54) is 36.7 Å². The SMILES string of the molecule is C[Si](C)(/C=[CH]/[Ge]([c]1ccccc1)([c]1ccccc1)[c]1ccccc1)c1ccc([Si](C)(C)/C=[CH]/[Ge]([c]2ccccc2)([c]2ccccc2)[c]2ccccc2)cc1. The molecule has 0 saturated carbocycles. The summed E-state index contributed by atoms with van der Waals surface area (Å²) in [4.78, 5) is 5.40. The van der Waals surface area contributed by atoms with Crippen LogP contribution in [0.2, 0.25) is 26.2 Å². The fourth-order valence-electron chi connectivity index (χ4n) is 7.97. The minimum absolute atomic E-state index is 1.47. The zero-order valence-corrected chi connectivity index (χ0v) is 38.1. The summed E-state index contributed by atoms with van der Waals surface area (Å²) in [5.74, 6) is 0. The number of rotatable bonds is 12. The first kappa shape index (κ1) is 37.8. The van der Waals surface area contributed by atoms with E-state index in [9.17, 15) is 0 Å². The molecular weight excluding hydrogens is 802 g/mol. The number of benzene rings is 7. The Morgan fingerprint density at radius 3 is 0.648 bits per heavy atom. The molecule has 0 spiro atoms. The van der Waals surface area contributed by atoms with E-state index < -0.39 is 42.7 Å². The fourth-order valence-corrected chi connectivity index (χ4v) is 35.8. The number of hydrogen-bond donors (Lipinski definition) is 0. The molecule has 4 heteroatoms. The van der Waals surface area contributed by atoms with Crippen LogP contribution in [0.5, 0.6) is 0 Å². The van der Waals surface area contributed by atoms with Crippen LogP contribution in [0.25, 0.3) is 0 Å². The molecule has 0 unspecified atom stereocenters. The van der Waals surface area contributed by atoms with Gasteiger partial charge in [0.2, 0.25) is 0 Å². The molecule has 7 aromatic rings. The van der Waals surface area contributed by atoms with E-state index in [4.69, 9.17) is 0 Å². The van der Waals surface area contributed by atoms with Crippen LogP contribution in [0.3, 0.4) is 0 Å². The second kappa shape index (κ2) is 16.5. The van der Waals surface area contributed by atoms with Crippen LogP contribution in [0, 0.1) is 0 Å². The molecule has 0 heterocycles. The molecule has 0 aromatic heterocycles. The Kier molecular flexibility index (Phi) is 11.6. The Balaban J connectivity index is 1.26. The second-order valence-corrected chi connectivity index (χ2v) is 39.7. The van der Waals surface area contributed by atoms with E-state index in [0.717, 1.165) is 0 Å². The molecule has 0 bridgehead atoms. The number of hydrogen-bond acceptors (Lipinski definition) is 0. The fraction of sp³-hybridized carbons (Fsp3) is 0.0800. The molecule has 7 rings (SSSR count). The Morgan fingerprint density at radius 1 is 0.278 bits per heavy atom. The molecule has 0 saturated heterocycles. The van der Waals surface area contributed by atoms with Gasteiger partial charge in [0.15, 0.2) is 0 Å². The minimum atomic E-state index is -3.18. The van der Waals surface area contributed by atoms with Crippen LogP contribution in [-0.4, -0.2) is 42.7 Å². The van der Waals surface area contributed by atoms with E-state index in [1.54, 1.807) is 0 Å². The predicted molar refractivity (Wildman–Crippen MR) is 247 cm³/mol. The van der Waals surface area contributed by atoms with Crippen molar-refractivity contribution in [2.24, 2.45) is 0 Å². The van der Waals surface area contributed by atoms with Crippen molar-refractivity contribution < 1.29 is 0 Å². The van der Waals surface area contributed by atoms with E-state index in [0.29, 0.717) is 0 Å². The van der Waals surface area contributed by atoms with Gasteiger partial charge in [-0.2, -0.15) is 0 Å². The first-order valence-corrected chi connectivity index (χ1v) is 34.0. The van der Waals surface area contributed by atoms with Gasteiger partial charge in [0.25, 0.3) is 0 Å². The summed E-state index contributed by atoms with van der Waals surface area (Å²) in [5.41, 5.74) is 5.30. The van der Waals surface area contributed by atoms with Crippen LogP contribution in [-0.2, 0) is 0 Å². The van der Waals surface area contributed by atoms with Crippen molar-refractivity contribution in [2.45, 2.75) is 26.2 Å². The van der Waals surface area contributed by atoms with Crippen molar-refractivity contribution >= 4 is 79.4 Å². The normalized spacial score (nSPS) is 12.7. The topological polar surface area (TPSA) is 0 Å². The predicted octanol–water partition coefficient (Wildman–Crippen LogP) is 7.13. The van der Waals surface area contributed by atoms with Crippen LogP contribution >= 0.6 is 0 Å². The molecule has 0 amide bonds. The summed E-state index contributed by atoms with van der Waals surface area (Å²) in [6.07, 6.45) is 0. The summed E-state index contributed by atoms with van der Waals surface area (Å²) in [5, 5.41) is 2.96. The van der Waals surface area contributed by atoms with Gasteiger partial charge in [-0.25, -0.2) is 0 Å². The Labute approximate surface area is 330 Å². The van der Waals surface area contributed by atoms with E-state index in [-0.39, 0.29) is 0 Å². The van der Waals surface area contributed by atoms with Crippen molar-refractivity contribution in [1.82, 2.24) is 0 Å². The summed E-state index contributed by atoms with van der Waals surface area (Å²) < 4.78 is 8.80. The summed E-state index contributed by atoms with van der Waals surface area (Å²) >= 11 is -6.37. The average Bonchev–Trinajstić information content (AvgIpc) is 3.24. The summed E-state index contributed by atoms with van der Waals surface area (Å²) in [6.45, 7) is 10.0. The van der Waals surface area contributed by atoms with Crippen molar-refractivity contribution in [3.63, 3.8) is 0 Å². The maximum atomic E-state index is 2.70. The van der Waals surface area contributed by atoms with Gasteiger partial charge in [-0.05, 0) is 0 Å². The molecule has 7 aromatic carbocycles. The Hall–Kier alpha value is -4.46. The van der Waals surface area contributed by atoms with Crippen molar-refractivity contribution in [3.05, 3.63) is 227 Å². The molecule has 0 aliphatic heterocycles. The molecule has 0 N–H and O–H groups in total. The average molecular weight is 852 g/mol. The summed E-state index contributed by atoms with van der Waals surface area (Å²) in [7, 11) is -3.96. The Bertz CT molecular complexity index is 1930. The molecule has 0 aliphatic rings. The van der Waals surface area contributed by atoms with Gasteiger partial charge in [-0.1, -0.05) is 0 Å². The van der Waals surface area contributed by atoms with Gasteiger partial charge < -0.3 is 0 Å². The van der Waals surface area contributed by atoms with Gasteiger partial charge in [0.05, 0.1) is 0 Å². The van der Waals surface area contributed by atoms with Crippen LogP contribution in [0.15, 0.2) is 227 Å². The van der Waals surface area contributed by atoms with Crippen molar-refractivity contribution in [1.29, 1.82) is 0 Å². The molecule has 0 aliphatic carbocycles. The first-order chi connectivity index (χ1) is 26.3. The molecule has 0 nitrogen and oxygen atoms in total. The third-order valence-corrected chi connectivity index (χ3v) is 36.7. The van der Waals surface area contributed by atoms with Gasteiger partial charge in [0, 0.05) is 0 Å². The third kappa shape index (κ3) is 7.71. The quantitative estimate of drug-likeness (QED) is 0.115. The van der Waals surface area contributed by atoms with Gasteiger partial charge in [-0.3, -0.25) is 0 Å². The van der Waals surface area contributed by atoms with Gasteiger partial charge in [-0.15, -0.1) is 0 Å². The molecule has 0 atom stereocenters. The van der Waals surface area contributed by atoms with Gasteiger partial charge in [0.1, 0.15) is 0 Å². The van der Waals surface area contributed by atoms with Crippen LogP contribution in [0.1, 0.15) is 0 Å². The molecule has 266 valence electrons. The van der Waals surface area contributed by atoms with Crippen LogP contribution in [0.4, 0.5) is 0 Å². The van der Waals surface area contributed by atoms with Crippen molar-refractivity contribution in [2.75, 3.05) is 0 Å². The van der Waals surface area contributed by atoms with Crippen LogP contribution < -0.4 is 36.7 Å². The third-order valence-electron chi connectivity index (χ3n) is 11.2. The monoisotopic (exact) mass is 854 g/mol. The zero-order valence-electron chi connectivity index (χ0n) is 31.9. The second-order valence-electron chi connectivity index (χ2n) is 15.5. The molecule has 0 fully saturated rings. The first-order valence-electron chi connectivity index (χ1n) is 19.1. The molecule has 54 heavy (non-hydrogen) atoms. The van der Waals surface area contributed by atoms with Gasteiger partial charge >= 0.3 is 333 Å². The Morgan fingerprint density at radius 2 is 0.463 bits per heavy atom. The zero-order chi connectivity index (χ0) is 37.5. The summed E-state index contributed by atoms with van der Waals surface area (Å²) in [6, 6.07) is 77.6. The standard InChI is InChI=1S/C50H50Ge2Si2/c1-53(2,41-39-51(43-23-11-5-12-24-43,44-25-13-6-14-26-44)45-27-15-7-16-28-45)49-35-37-50(38-36-49)54(3,4)42-40-52(46-29-17-8-18-30-46,47-31-19-9-20-32-47)48-33-21-10-22-34-48/h5-42H,1-4H3/b41-39+,42-40+. The molecular formula is C50H50Ge2Si2. The van der Waals surface area contributed by atoms with E-state index >= 15 is 0 Å².